The predicted octanol–water partition coefficient (Wildman–Crippen LogP) is 6.36. The number of pyridine rings is 1. The summed E-state index contributed by atoms with van der Waals surface area (Å²) in [5, 5.41) is 4.54. The average Bonchev–Trinajstić information content (AvgIpc) is 2.83. The fraction of sp³-hybridized carbons (Fsp3) is 0.391. The lowest BCUT2D eigenvalue weighted by Gasteiger charge is -2.37. The molecule has 6 nitrogen and oxygen atoms in total. The van der Waals surface area contributed by atoms with Gasteiger partial charge in [-0.3, -0.25) is 4.79 Å². The van der Waals surface area contributed by atoms with Gasteiger partial charge in [0.05, 0.1) is 9.99 Å². The predicted molar refractivity (Wildman–Crippen MR) is 135 cm³/mol. The summed E-state index contributed by atoms with van der Waals surface area (Å²) in [5.41, 5.74) is 0.0254. The van der Waals surface area contributed by atoms with Crippen LogP contribution in [0.5, 0.6) is 0 Å². The first kappa shape index (κ1) is 26.0. The van der Waals surface area contributed by atoms with Crippen LogP contribution < -0.4 is 10.2 Å². The molecule has 1 amide bonds. The Morgan fingerprint density at radius 2 is 1.91 bits per heavy atom. The number of hydrogen-bond acceptors (Lipinski definition) is 6. The van der Waals surface area contributed by atoms with Gasteiger partial charge in [0.25, 0.3) is 5.91 Å². The van der Waals surface area contributed by atoms with E-state index in [0.29, 0.717) is 51.4 Å². The first-order valence-electron chi connectivity index (χ1n) is 10.8. The number of carbonyl (C=O) groups is 1. The third-order valence-electron chi connectivity index (χ3n) is 6.12. The number of amides is 1. The molecule has 186 valence electrons. The van der Waals surface area contributed by atoms with E-state index in [4.69, 9.17) is 11.6 Å². The summed E-state index contributed by atoms with van der Waals surface area (Å²) in [6, 6.07) is 5.72. The van der Waals surface area contributed by atoms with Crippen LogP contribution in [0, 0.1) is 0 Å². The fourth-order valence-corrected chi connectivity index (χ4v) is 5.17. The quantitative estimate of drug-likeness (QED) is 0.276. The second-order valence-electron chi connectivity index (χ2n) is 8.33. The SMILES string of the molecule is CSc1ncc(Br)c(C(=O)NC2CCC(N(C)c3cc(C(F)(F)F)nc4ccc(Cl)cc34)CC2)n1. The van der Waals surface area contributed by atoms with E-state index < -0.39 is 11.9 Å². The third-order valence-corrected chi connectivity index (χ3v) is 7.50. The van der Waals surface area contributed by atoms with Gasteiger partial charge in [0.15, 0.2) is 5.16 Å². The Kier molecular flexibility index (Phi) is 7.77. The highest BCUT2D eigenvalue weighted by Gasteiger charge is 2.35. The van der Waals surface area contributed by atoms with E-state index in [9.17, 15) is 18.0 Å². The van der Waals surface area contributed by atoms with Crippen molar-refractivity contribution in [3.63, 3.8) is 0 Å². The molecule has 0 radical (unpaired) electrons. The molecular formula is C23H22BrClF3N5OS. The van der Waals surface area contributed by atoms with E-state index in [1.54, 1.807) is 19.3 Å². The number of carbonyl (C=O) groups excluding carboxylic acids is 1. The monoisotopic (exact) mass is 587 g/mol. The van der Waals surface area contributed by atoms with Crippen molar-refractivity contribution in [3.05, 3.63) is 51.3 Å². The number of nitrogens with zero attached hydrogens (tertiary/aromatic N) is 4. The average molecular weight is 589 g/mol. The number of hydrogen-bond donors (Lipinski definition) is 1. The lowest BCUT2D eigenvalue weighted by molar-refractivity contribution is -0.140. The largest absolute Gasteiger partial charge is 0.433 e. The molecule has 35 heavy (non-hydrogen) atoms. The summed E-state index contributed by atoms with van der Waals surface area (Å²) in [6.07, 6.45) is 1.61. The first-order valence-corrected chi connectivity index (χ1v) is 13.2. The van der Waals surface area contributed by atoms with Crippen molar-refractivity contribution >= 4 is 61.8 Å². The summed E-state index contributed by atoms with van der Waals surface area (Å²) in [6.45, 7) is 0. The van der Waals surface area contributed by atoms with Gasteiger partial charge in [-0.05, 0) is 72.1 Å². The van der Waals surface area contributed by atoms with Crippen molar-refractivity contribution in [2.45, 2.75) is 49.1 Å². The van der Waals surface area contributed by atoms with Crippen LogP contribution in [0.25, 0.3) is 10.9 Å². The van der Waals surface area contributed by atoms with Gasteiger partial charge in [-0.1, -0.05) is 23.4 Å². The van der Waals surface area contributed by atoms with Crippen molar-refractivity contribution < 1.29 is 18.0 Å². The number of aromatic nitrogens is 3. The van der Waals surface area contributed by atoms with Gasteiger partial charge in [0.1, 0.15) is 11.4 Å². The number of thioether (sulfide) groups is 1. The van der Waals surface area contributed by atoms with Crippen molar-refractivity contribution in [2.75, 3.05) is 18.2 Å². The molecule has 1 aromatic carbocycles. The molecule has 0 aliphatic heterocycles. The zero-order valence-electron chi connectivity index (χ0n) is 18.9. The number of alkyl halides is 3. The van der Waals surface area contributed by atoms with E-state index in [2.05, 4.69) is 36.2 Å². The lowest BCUT2D eigenvalue weighted by atomic mass is 9.89. The Bertz CT molecular complexity index is 1250. The van der Waals surface area contributed by atoms with Gasteiger partial charge in [-0.15, -0.1) is 0 Å². The molecule has 0 unspecified atom stereocenters. The van der Waals surface area contributed by atoms with Crippen LogP contribution in [-0.2, 0) is 6.18 Å². The molecule has 2 aromatic heterocycles. The van der Waals surface area contributed by atoms with Crippen LogP contribution in [0.4, 0.5) is 18.9 Å². The molecule has 1 fully saturated rings. The summed E-state index contributed by atoms with van der Waals surface area (Å²) >= 11 is 10.8. The Balaban J connectivity index is 1.49. The summed E-state index contributed by atoms with van der Waals surface area (Å²) < 4.78 is 41.0. The van der Waals surface area contributed by atoms with Gasteiger partial charge in [-0.2, -0.15) is 13.2 Å². The van der Waals surface area contributed by atoms with Crippen LogP contribution in [-0.4, -0.2) is 46.2 Å². The lowest BCUT2D eigenvalue weighted by Crippen LogP contribution is -2.43. The highest BCUT2D eigenvalue weighted by atomic mass is 79.9. The molecule has 4 rings (SSSR count). The minimum absolute atomic E-state index is 0.00250. The smallest absolute Gasteiger partial charge is 0.371 e. The standard InChI is InChI=1S/C23H22BrClF3N5OS/c1-33(18-10-19(23(26,27)28)31-17-8-3-12(25)9-15(17)18)14-6-4-13(5-7-14)30-21(34)20-16(24)11-29-22(32-20)35-2/h3,8-11,13-14H,4-7H2,1-2H3,(H,30,34). The van der Waals surface area contributed by atoms with Gasteiger partial charge >= 0.3 is 6.18 Å². The van der Waals surface area contributed by atoms with E-state index in [1.165, 1.54) is 23.9 Å². The van der Waals surface area contributed by atoms with Gasteiger partial charge in [-0.25, -0.2) is 15.0 Å². The van der Waals surface area contributed by atoms with E-state index >= 15 is 0 Å². The molecule has 1 N–H and O–H groups in total. The highest BCUT2D eigenvalue weighted by Crippen LogP contribution is 2.37. The van der Waals surface area contributed by atoms with E-state index in [-0.39, 0.29) is 29.2 Å². The number of nitrogens with one attached hydrogen (secondary N) is 1. The molecular weight excluding hydrogens is 567 g/mol. The topological polar surface area (TPSA) is 71.0 Å². The fourth-order valence-electron chi connectivity index (χ4n) is 4.28. The molecule has 12 heteroatoms. The Hall–Kier alpha value is -2.11. The number of rotatable bonds is 5. The van der Waals surface area contributed by atoms with Gasteiger partial charge in [0, 0.05) is 41.4 Å². The zero-order chi connectivity index (χ0) is 25.3. The minimum Gasteiger partial charge on any atom is -0.371 e. The van der Waals surface area contributed by atoms with Crippen molar-refractivity contribution in [1.82, 2.24) is 20.3 Å². The Morgan fingerprint density at radius 3 is 2.57 bits per heavy atom. The van der Waals surface area contributed by atoms with Gasteiger partial charge in [0.2, 0.25) is 0 Å². The number of fused-ring (bicyclic) bond motifs is 1. The molecule has 2 heterocycles. The molecule has 1 aliphatic carbocycles. The van der Waals surface area contributed by atoms with Crippen molar-refractivity contribution in [2.24, 2.45) is 0 Å². The van der Waals surface area contributed by atoms with Crippen molar-refractivity contribution in [3.8, 4) is 0 Å². The van der Waals surface area contributed by atoms with Gasteiger partial charge < -0.3 is 10.2 Å². The van der Waals surface area contributed by atoms with Crippen LogP contribution in [0.2, 0.25) is 5.02 Å². The molecule has 1 saturated carbocycles. The Morgan fingerprint density at radius 1 is 1.20 bits per heavy atom. The second-order valence-corrected chi connectivity index (χ2v) is 10.4. The molecule has 0 saturated heterocycles. The summed E-state index contributed by atoms with van der Waals surface area (Å²) in [5.74, 6) is -0.282. The number of anilines is 1. The zero-order valence-corrected chi connectivity index (χ0v) is 22.0. The summed E-state index contributed by atoms with van der Waals surface area (Å²) in [4.78, 5) is 26.8. The molecule has 3 aromatic rings. The molecule has 0 bridgehead atoms. The van der Waals surface area contributed by atoms with Crippen LogP contribution in [0.15, 0.2) is 40.1 Å². The van der Waals surface area contributed by atoms with Crippen LogP contribution in [0.3, 0.4) is 0 Å². The van der Waals surface area contributed by atoms with E-state index in [1.807, 2.05) is 11.2 Å². The maximum Gasteiger partial charge on any atom is 0.433 e. The number of halogens is 5. The maximum absolute atomic E-state index is 13.5. The van der Waals surface area contributed by atoms with Crippen molar-refractivity contribution in [1.29, 1.82) is 0 Å². The van der Waals surface area contributed by atoms with Crippen LogP contribution >= 0.6 is 39.3 Å². The highest BCUT2D eigenvalue weighted by molar-refractivity contribution is 9.10. The third kappa shape index (κ3) is 5.83. The normalized spacial score (nSPS) is 18.5. The number of benzene rings is 1. The van der Waals surface area contributed by atoms with E-state index in [0.717, 1.165) is 6.07 Å². The Labute approximate surface area is 218 Å². The molecule has 0 atom stereocenters. The minimum atomic E-state index is -4.56. The summed E-state index contributed by atoms with van der Waals surface area (Å²) in [7, 11) is 1.79. The maximum atomic E-state index is 13.5. The molecule has 1 aliphatic rings. The first-order chi connectivity index (χ1) is 16.6. The second kappa shape index (κ2) is 10.5. The van der Waals surface area contributed by atoms with Crippen LogP contribution in [0.1, 0.15) is 41.9 Å². The molecule has 0 spiro atoms.